The molecule has 0 aliphatic rings. The van der Waals surface area contributed by atoms with Crippen molar-refractivity contribution in [3.05, 3.63) is 69.3 Å². The number of halogens is 2. The van der Waals surface area contributed by atoms with Crippen molar-refractivity contribution in [3.8, 4) is 0 Å². The van der Waals surface area contributed by atoms with Gasteiger partial charge >= 0.3 is 0 Å². The summed E-state index contributed by atoms with van der Waals surface area (Å²) < 4.78 is 3.40. The fourth-order valence-electron chi connectivity index (χ4n) is 2.87. The van der Waals surface area contributed by atoms with Crippen LogP contribution in [0.5, 0.6) is 0 Å². The highest BCUT2D eigenvalue weighted by Crippen LogP contribution is 2.30. The van der Waals surface area contributed by atoms with E-state index in [2.05, 4.69) is 70.0 Å². The molecule has 3 rings (SSSR count). The highest BCUT2D eigenvalue weighted by Gasteiger charge is 2.12. The molecule has 0 radical (unpaired) electrons. The Bertz CT molecular complexity index is 823. The fourth-order valence-corrected chi connectivity index (χ4v) is 3.56. The van der Waals surface area contributed by atoms with Crippen molar-refractivity contribution in [2.24, 2.45) is 0 Å². The third kappa shape index (κ3) is 3.63. The van der Waals surface area contributed by atoms with Gasteiger partial charge in [-0.1, -0.05) is 57.9 Å². The average Bonchev–Trinajstić information content (AvgIpc) is 2.87. The maximum atomic E-state index is 6.50. The topological polar surface area (TPSA) is 8.17 Å². The van der Waals surface area contributed by atoms with Crippen LogP contribution >= 0.6 is 27.5 Å². The van der Waals surface area contributed by atoms with E-state index in [9.17, 15) is 0 Å². The smallest absolute Gasteiger partial charge is 0.0675 e. The van der Waals surface area contributed by atoms with E-state index in [0.29, 0.717) is 0 Å². The van der Waals surface area contributed by atoms with Gasteiger partial charge in [0.1, 0.15) is 0 Å². The summed E-state index contributed by atoms with van der Waals surface area (Å²) in [5.74, 6) is 0. The van der Waals surface area contributed by atoms with Gasteiger partial charge in [-0.3, -0.25) is 0 Å². The Balaban J connectivity index is 2.04. The third-order valence-electron chi connectivity index (χ3n) is 4.06. The van der Waals surface area contributed by atoms with Gasteiger partial charge in [0, 0.05) is 29.1 Å². The minimum absolute atomic E-state index is 0.809. The van der Waals surface area contributed by atoms with Gasteiger partial charge in [0.2, 0.25) is 0 Å². The molecule has 0 atom stereocenters. The van der Waals surface area contributed by atoms with E-state index in [1.54, 1.807) is 0 Å². The standard InChI is InChI=1S/C19H20BrClN2/c1-22(2)11-10-14-12-23(13-15-6-3-4-8-17(15)20)19-16(14)7-5-9-18(19)21/h3-9,12H,10-11,13H2,1-2H3. The Labute approximate surface area is 150 Å². The SMILES string of the molecule is CN(C)CCc1cn(Cc2ccccc2Br)c2c(Cl)cccc12. The Morgan fingerprint density at radius 3 is 2.57 bits per heavy atom. The Kier molecular flexibility index (Phi) is 5.10. The molecule has 0 unspecified atom stereocenters. The minimum atomic E-state index is 0.809. The largest absolute Gasteiger partial charge is 0.342 e. The van der Waals surface area contributed by atoms with Crippen LogP contribution in [0, 0.1) is 0 Å². The van der Waals surface area contributed by atoms with Gasteiger partial charge in [0.25, 0.3) is 0 Å². The molecule has 1 heterocycles. The van der Waals surface area contributed by atoms with Gasteiger partial charge in [-0.25, -0.2) is 0 Å². The van der Waals surface area contributed by atoms with E-state index in [0.717, 1.165) is 34.5 Å². The summed E-state index contributed by atoms with van der Waals surface area (Å²) in [6, 6.07) is 14.5. The molecular weight excluding hydrogens is 372 g/mol. The molecule has 3 aromatic rings. The Morgan fingerprint density at radius 2 is 1.83 bits per heavy atom. The van der Waals surface area contributed by atoms with Crippen LogP contribution in [0.1, 0.15) is 11.1 Å². The molecule has 0 spiro atoms. The molecule has 0 aliphatic carbocycles. The molecule has 0 aliphatic heterocycles. The van der Waals surface area contributed by atoms with E-state index >= 15 is 0 Å². The highest BCUT2D eigenvalue weighted by atomic mass is 79.9. The zero-order valence-electron chi connectivity index (χ0n) is 13.4. The molecule has 2 aromatic carbocycles. The van der Waals surface area contributed by atoms with Crippen molar-refractivity contribution >= 4 is 38.4 Å². The number of aromatic nitrogens is 1. The number of para-hydroxylation sites is 1. The van der Waals surface area contributed by atoms with Crippen molar-refractivity contribution in [1.29, 1.82) is 0 Å². The maximum absolute atomic E-state index is 6.50. The first-order valence-corrected chi connectivity index (χ1v) is 8.87. The summed E-state index contributed by atoms with van der Waals surface area (Å²) in [6.07, 6.45) is 3.27. The molecule has 0 saturated carbocycles. The Hall–Kier alpha value is -1.29. The van der Waals surface area contributed by atoms with Crippen LogP contribution in [0.2, 0.25) is 5.02 Å². The number of hydrogen-bond donors (Lipinski definition) is 0. The lowest BCUT2D eigenvalue weighted by Crippen LogP contribution is -2.14. The van der Waals surface area contributed by atoms with Gasteiger partial charge in [-0.05, 0) is 43.8 Å². The van der Waals surface area contributed by atoms with Gasteiger partial charge < -0.3 is 9.47 Å². The molecule has 4 heteroatoms. The molecular formula is C19H20BrClN2. The zero-order chi connectivity index (χ0) is 16.4. The summed E-state index contributed by atoms with van der Waals surface area (Å²) in [4.78, 5) is 2.21. The lowest BCUT2D eigenvalue weighted by molar-refractivity contribution is 0.414. The van der Waals surface area contributed by atoms with E-state index in [-0.39, 0.29) is 0 Å². The van der Waals surface area contributed by atoms with Gasteiger partial charge in [-0.15, -0.1) is 0 Å². The molecule has 2 nitrogen and oxygen atoms in total. The second kappa shape index (κ2) is 7.08. The summed E-state index contributed by atoms with van der Waals surface area (Å²) in [6.45, 7) is 1.84. The van der Waals surface area contributed by atoms with Crippen LogP contribution in [0.25, 0.3) is 10.9 Å². The van der Waals surface area contributed by atoms with Gasteiger partial charge in [0.15, 0.2) is 0 Å². The van der Waals surface area contributed by atoms with Crippen LogP contribution in [0.4, 0.5) is 0 Å². The van der Waals surface area contributed by atoms with Crippen molar-refractivity contribution in [2.75, 3.05) is 20.6 Å². The molecule has 0 N–H and O–H groups in total. The molecule has 0 bridgehead atoms. The quantitative estimate of drug-likeness (QED) is 0.579. The van der Waals surface area contributed by atoms with E-state index in [1.807, 2.05) is 18.2 Å². The number of likely N-dealkylation sites (N-methyl/N-ethyl adjacent to an activating group) is 1. The monoisotopic (exact) mass is 390 g/mol. The summed E-state index contributed by atoms with van der Waals surface area (Å²) in [5, 5.41) is 2.07. The normalized spacial score (nSPS) is 11.5. The number of benzene rings is 2. The lowest BCUT2D eigenvalue weighted by atomic mass is 10.1. The van der Waals surface area contributed by atoms with Gasteiger partial charge in [-0.2, -0.15) is 0 Å². The first-order valence-electron chi connectivity index (χ1n) is 7.70. The first-order chi connectivity index (χ1) is 11.1. The average molecular weight is 392 g/mol. The Morgan fingerprint density at radius 1 is 1.04 bits per heavy atom. The van der Waals surface area contributed by atoms with Crippen LogP contribution in [-0.4, -0.2) is 30.1 Å². The second-order valence-electron chi connectivity index (χ2n) is 6.06. The number of fused-ring (bicyclic) bond motifs is 1. The second-order valence-corrected chi connectivity index (χ2v) is 7.32. The summed E-state index contributed by atoms with van der Waals surface area (Å²) in [7, 11) is 4.21. The van der Waals surface area contributed by atoms with Crippen molar-refractivity contribution in [2.45, 2.75) is 13.0 Å². The van der Waals surface area contributed by atoms with Crippen LogP contribution < -0.4 is 0 Å². The van der Waals surface area contributed by atoms with Crippen LogP contribution in [-0.2, 0) is 13.0 Å². The first kappa shape index (κ1) is 16.6. The molecule has 0 fully saturated rings. The minimum Gasteiger partial charge on any atom is -0.342 e. The predicted molar refractivity (Wildman–Crippen MR) is 102 cm³/mol. The number of nitrogens with zero attached hydrogens (tertiary/aromatic N) is 2. The predicted octanol–water partition coefficient (Wildman–Crippen LogP) is 5.21. The van der Waals surface area contributed by atoms with Crippen molar-refractivity contribution in [1.82, 2.24) is 9.47 Å². The third-order valence-corrected chi connectivity index (χ3v) is 5.14. The van der Waals surface area contributed by atoms with Crippen molar-refractivity contribution in [3.63, 3.8) is 0 Å². The highest BCUT2D eigenvalue weighted by molar-refractivity contribution is 9.10. The van der Waals surface area contributed by atoms with Crippen LogP contribution in [0.15, 0.2) is 53.1 Å². The van der Waals surface area contributed by atoms with Crippen LogP contribution in [0.3, 0.4) is 0 Å². The maximum Gasteiger partial charge on any atom is 0.0675 e. The molecule has 0 amide bonds. The van der Waals surface area contributed by atoms with Crippen molar-refractivity contribution < 1.29 is 0 Å². The molecule has 23 heavy (non-hydrogen) atoms. The molecule has 120 valence electrons. The van der Waals surface area contributed by atoms with Gasteiger partial charge in [0.05, 0.1) is 10.5 Å². The number of hydrogen-bond acceptors (Lipinski definition) is 1. The fraction of sp³-hybridized carbons (Fsp3) is 0.263. The van der Waals surface area contributed by atoms with E-state index < -0.39 is 0 Å². The molecule has 0 saturated heterocycles. The van der Waals surface area contributed by atoms with E-state index in [4.69, 9.17) is 11.6 Å². The zero-order valence-corrected chi connectivity index (χ0v) is 15.7. The molecule has 1 aromatic heterocycles. The van der Waals surface area contributed by atoms with E-state index in [1.165, 1.54) is 16.5 Å². The lowest BCUT2D eigenvalue weighted by Gasteiger charge is -2.08. The summed E-state index contributed by atoms with van der Waals surface area (Å²) in [5.41, 5.74) is 3.73. The number of rotatable bonds is 5. The summed E-state index contributed by atoms with van der Waals surface area (Å²) >= 11 is 10.1.